The fraction of sp³-hybridized carbons (Fsp3) is 0.350. The Hall–Kier alpha value is -2.73. The second-order valence-electron chi connectivity index (χ2n) is 6.88. The predicted molar refractivity (Wildman–Crippen MR) is 99.9 cm³/mol. The van der Waals surface area contributed by atoms with Crippen molar-refractivity contribution in [3.63, 3.8) is 0 Å². The third-order valence-electron chi connectivity index (χ3n) is 5.20. The zero-order valence-corrected chi connectivity index (χ0v) is 14.9. The second-order valence-corrected chi connectivity index (χ2v) is 6.88. The molecule has 134 valence electrons. The first-order chi connectivity index (χ1) is 12.7. The number of carbonyl (C=O) groups excluding carboxylic acids is 1. The van der Waals surface area contributed by atoms with Crippen molar-refractivity contribution in [2.75, 3.05) is 20.1 Å². The SMILES string of the molecule is CN1CCC[C@@H](CNC(=O)c2nccn3ccnc23)[C@@H]1c1ccccc1. The van der Waals surface area contributed by atoms with Gasteiger partial charge >= 0.3 is 0 Å². The molecule has 0 saturated carbocycles. The number of hydrogen-bond donors (Lipinski definition) is 1. The van der Waals surface area contributed by atoms with E-state index in [0.717, 1.165) is 19.4 Å². The zero-order valence-electron chi connectivity index (χ0n) is 14.9. The molecule has 6 heteroatoms. The molecule has 1 aromatic carbocycles. The van der Waals surface area contributed by atoms with Crippen LogP contribution in [-0.2, 0) is 0 Å². The van der Waals surface area contributed by atoms with Crippen LogP contribution in [0.5, 0.6) is 0 Å². The number of nitrogens with zero attached hydrogens (tertiary/aromatic N) is 4. The number of likely N-dealkylation sites (tertiary alicyclic amines) is 1. The van der Waals surface area contributed by atoms with E-state index in [-0.39, 0.29) is 5.91 Å². The summed E-state index contributed by atoms with van der Waals surface area (Å²) in [6.45, 7) is 1.71. The van der Waals surface area contributed by atoms with Crippen LogP contribution in [0.2, 0.25) is 0 Å². The first kappa shape index (κ1) is 16.7. The molecule has 0 bridgehead atoms. The van der Waals surface area contributed by atoms with E-state index in [4.69, 9.17) is 0 Å². The van der Waals surface area contributed by atoms with Gasteiger partial charge in [0, 0.05) is 37.4 Å². The maximum absolute atomic E-state index is 12.7. The number of benzene rings is 1. The number of rotatable bonds is 4. The Balaban J connectivity index is 1.50. The molecule has 3 heterocycles. The molecule has 0 unspecified atom stereocenters. The van der Waals surface area contributed by atoms with E-state index < -0.39 is 0 Å². The third kappa shape index (κ3) is 3.20. The van der Waals surface area contributed by atoms with Crippen LogP contribution in [0.15, 0.2) is 55.1 Å². The molecular formula is C20H23N5O. The number of fused-ring (bicyclic) bond motifs is 1. The number of piperidine rings is 1. The van der Waals surface area contributed by atoms with Crippen molar-refractivity contribution in [1.29, 1.82) is 0 Å². The molecule has 1 amide bonds. The summed E-state index contributed by atoms with van der Waals surface area (Å²) >= 11 is 0. The normalized spacial score (nSPS) is 21.0. The Morgan fingerprint density at radius 3 is 2.77 bits per heavy atom. The van der Waals surface area contributed by atoms with Crippen molar-refractivity contribution in [3.05, 3.63) is 66.4 Å². The predicted octanol–water partition coefficient (Wildman–Crippen LogP) is 2.54. The minimum atomic E-state index is -0.165. The van der Waals surface area contributed by atoms with Crippen LogP contribution in [0.25, 0.3) is 5.65 Å². The highest BCUT2D eigenvalue weighted by atomic mass is 16.1. The Bertz CT molecular complexity index is 891. The van der Waals surface area contributed by atoms with Crippen molar-refractivity contribution >= 4 is 11.6 Å². The van der Waals surface area contributed by atoms with E-state index in [0.29, 0.717) is 29.8 Å². The summed E-state index contributed by atoms with van der Waals surface area (Å²) in [5, 5.41) is 3.09. The maximum atomic E-state index is 12.7. The molecule has 1 aliphatic heterocycles. The number of nitrogens with one attached hydrogen (secondary N) is 1. The van der Waals surface area contributed by atoms with Gasteiger partial charge in [0.05, 0.1) is 0 Å². The molecular weight excluding hydrogens is 326 g/mol. The molecule has 6 nitrogen and oxygen atoms in total. The Morgan fingerprint density at radius 2 is 1.96 bits per heavy atom. The van der Waals surface area contributed by atoms with E-state index >= 15 is 0 Å². The lowest BCUT2D eigenvalue weighted by molar-refractivity contribution is 0.0888. The summed E-state index contributed by atoms with van der Waals surface area (Å²) in [6, 6.07) is 10.9. The van der Waals surface area contributed by atoms with Crippen molar-refractivity contribution < 1.29 is 4.79 Å². The maximum Gasteiger partial charge on any atom is 0.273 e. The highest BCUT2D eigenvalue weighted by molar-refractivity contribution is 5.97. The first-order valence-corrected chi connectivity index (χ1v) is 9.05. The van der Waals surface area contributed by atoms with Gasteiger partial charge in [-0.25, -0.2) is 9.97 Å². The summed E-state index contributed by atoms with van der Waals surface area (Å²) in [4.78, 5) is 23.5. The van der Waals surface area contributed by atoms with Crippen molar-refractivity contribution in [1.82, 2.24) is 24.6 Å². The van der Waals surface area contributed by atoms with Gasteiger partial charge in [0.1, 0.15) is 0 Å². The molecule has 2 aromatic heterocycles. The molecule has 0 spiro atoms. The monoisotopic (exact) mass is 349 g/mol. The zero-order chi connectivity index (χ0) is 17.9. The van der Waals surface area contributed by atoms with Crippen LogP contribution in [0.1, 0.15) is 34.9 Å². The van der Waals surface area contributed by atoms with Crippen molar-refractivity contribution in [2.45, 2.75) is 18.9 Å². The van der Waals surface area contributed by atoms with Crippen LogP contribution >= 0.6 is 0 Å². The average molecular weight is 349 g/mol. The van der Waals surface area contributed by atoms with Gasteiger partial charge < -0.3 is 9.72 Å². The van der Waals surface area contributed by atoms with E-state index in [2.05, 4.69) is 51.5 Å². The second kappa shape index (κ2) is 7.25. The molecule has 1 N–H and O–H groups in total. The average Bonchev–Trinajstić information content (AvgIpc) is 3.15. The van der Waals surface area contributed by atoms with Gasteiger partial charge in [-0.1, -0.05) is 30.3 Å². The van der Waals surface area contributed by atoms with E-state index in [1.165, 1.54) is 5.56 Å². The minimum Gasteiger partial charge on any atom is -0.350 e. The van der Waals surface area contributed by atoms with E-state index in [1.54, 1.807) is 18.6 Å². The van der Waals surface area contributed by atoms with Gasteiger partial charge in [-0.3, -0.25) is 9.69 Å². The number of hydrogen-bond acceptors (Lipinski definition) is 4. The topological polar surface area (TPSA) is 62.5 Å². The molecule has 2 atom stereocenters. The van der Waals surface area contributed by atoms with Gasteiger partial charge in [-0.2, -0.15) is 0 Å². The van der Waals surface area contributed by atoms with Crippen molar-refractivity contribution in [3.8, 4) is 0 Å². The molecule has 1 saturated heterocycles. The van der Waals surface area contributed by atoms with E-state index in [1.807, 2.05) is 16.7 Å². The highest BCUT2D eigenvalue weighted by Crippen LogP contribution is 2.34. The molecule has 1 fully saturated rings. The summed E-state index contributed by atoms with van der Waals surface area (Å²) in [5.74, 6) is 0.210. The molecule has 4 rings (SSSR count). The Labute approximate surface area is 152 Å². The lowest BCUT2D eigenvalue weighted by Gasteiger charge is -2.39. The fourth-order valence-electron chi connectivity index (χ4n) is 3.97. The highest BCUT2D eigenvalue weighted by Gasteiger charge is 2.30. The molecule has 3 aromatic rings. The van der Waals surface area contributed by atoms with Crippen LogP contribution in [0, 0.1) is 5.92 Å². The smallest absolute Gasteiger partial charge is 0.273 e. The lowest BCUT2D eigenvalue weighted by Crippen LogP contribution is -2.42. The van der Waals surface area contributed by atoms with Crippen molar-refractivity contribution in [2.24, 2.45) is 5.92 Å². The third-order valence-corrected chi connectivity index (χ3v) is 5.20. The largest absolute Gasteiger partial charge is 0.350 e. The summed E-state index contributed by atoms with van der Waals surface area (Å²) < 4.78 is 1.81. The van der Waals surface area contributed by atoms with Crippen LogP contribution in [0.3, 0.4) is 0 Å². The summed E-state index contributed by atoms with van der Waals surface area (Å²) in [6.07, 6.45) is 9.16. The molecule has 0 radical (unpaired) electrons. The first-order valence-electron chi connectivity index (χ1n) is 9.05. The standard InChI is InChI=1S/C20H23N5O/c1-24-11-5-8-16(18(24)15-6-3-2-4-7-15)14-23-20(26)17-19-22-10-13-25(19)12-9-21-17/h2-4,6-7,9-10,12-13,16,18H,5,8,11,14H2,1H3,(H,23,26)/t16-,18-/m0/s1. The Morgan fingerprint density at radius 1 is 1.19 bits per heavy atom. The summed E-state index contributed by atoms with van der Waals surface area (Å²) in [7, 11) is 2.17. The van der Waals surface area contributed by atoms with Gasteiger partial charge in [-0.05, 0) is 37.9 Å². The molecule has 1 aliphatic rings. The number of imidazole rings is 1. The van der Waals surface area contributed by atoms with Crippen LogP contribution in [0.4, 0.5) is 0 Å². The molecule has 26 heavy (non-hydrogen) atoms. The minimum absolute atomic E-state index is 0.165. The van der Waals surface area contributed by atoms with Crippen LogP contribution < -0.4 is 5.32 Å². The van der Waals surface area contributed by atoms with Gasteiger partial charge in [0.25, 0.3) is 5.91 Å². The fourth-order valence-corrected chi connectivity index (χ4v) is 3.97. The Kier molecular flexibility index (Phi) is 4.67. The molecule has 0 aliphatic carbocycles. The number of aromatic nitrogens is 3. The van der Waals surface area contributed by atoms with Crippen LogP contribution in [-0.4, -0.2) is 45.3 Å². The lowest BCUT2D eigenvalue weighted by atomic mass is 9.85. The number of amides is 1. The van der Waals surface area contributed by atoms with E-state index in [9.17, 15) is 4.79 Å². The quantitative estimate of drug-likeness (QED) is 0.786. The van der Waals surface area contributed by atoms with Gasteiger partial charge in [-0.15, -0.1) is 0 Å². The van der Waals surface area contributed by atoms with Gasteiger partial charge in [0.15, 0.2) is 11.3 Å². The van der Waals surface area contributed by atoms with Gasteiger partial charge in [0.2, 0.25) is 0 Å². The number of carbonyl (C=O) groups is 1. The summed E-state index contributed by atoms with van der Waals surface area (Å²) in [5.41, 5.74) is 2.27.